The zero-order valence-corrected chi connectivity index (χ0v) is 22.3. The van der Waals surface area contributed by atoms with E-state index in [-0.39, 0.29) is 0 Å². The molecule has 0 bridgehead atoms. The van der Waals surface area contributed by atoms with Gasteiger partial charge >= 0.3 is 0 Å². The van der Waals surface area contributed by atoms with E-state index in [2.05, 4.69) is 38.0 Å². The van der Waals surface area contributed by atoms with E-state index in [9.17, 15) is 5.26 Å². The second kappa shape index (κ2) is 11.4. The first-order valence-electron chi connectivity index (χ1n) is 12.9. The van der Waals surface area contributed by atoms with Crippen molar-refractivity contribution < 1.29 is 0 Å². The van der Waals surface area contributed by atoms with Crippen molar-refractivity contribution in [3.63, 3.8) is 0 Å². The van der Waals surface area contributed by atoms with Gasteiger partial charge in [0.25, 0.3) is 0 Å². The minimum Gasteiger partial charge on any atom is -0.368 e. The van der Waals surface area contributed by atoms with Crippen LogP contribution in [-0.2, 0) is 6.54 Å². The highest BCUT2D eigenvalue weighted by molar-refractivity contribution is 6.33. The summed E-state index contributed by atoms with van der Waals surface area (Å²) in [6, 6.07) is 11.0. The molecule has 1 N–H and O–H groups in total. The fourth-order valence-electron chi connectivity index (χ4n) is 5.73. The molecule has 3 aliphatic heterocycles. The van der Waals surface area contributed by atoms with Crippen molar-refractivity contribution in [3.8, 4) is 6.07 Å². The van der Waals surface area contributed by atoms with E-state index in [0.29, 0.717) is 27.7 Å². The highest BCUT2D eigenvalue weighted by Crippen LogP contribution is 2.30. The molecule has 2 saturated heterocycles. The molecule has 0 saturated carbocycles. The predicted molar refractivity (Wildman–Crippen MR) is 146 cm³/mol. The average Bonchev–Trinajstić information content (AvgIpc) is 3.45. The number of amidine groups is 1. The number of piperazine rings is 1. The summed E-state index contributed by atoms with van der Waals surface area (Å²) in [6.45, 7) is 9.74. The first-order valence-corrected chi connectivity index (χ1v) is 13.7. The number of pyridine rings is 1. The van der Waals surface area contributed by atoms with Gasteiger partial charge in [0.2, 0.25) is 0 Å². The molecule has 0 radical (unpaired) electrons. The van der Waals surface area contributed by atoms with Crippen LogP contribution in [0.4, 0.5) is 5.82 Å². The summed E-state index contributed by atoms with van der Waals surface area (Å²) in [7, 11) is 0. The number of piperidine rings is 1. The second-order valence-corrected chi connectivity index (χ2v) is 10.7. The van der Waals surface area contributed by atoms with E-state index in [0.717, 1.165) is 94.4 Å². The molecule has 1 aromatic carbocycles. The Balaban J connectivity index is 1.18. The maximum Gasteiger partial charge on any atom is 0.147 e. The maximum absolute atomic E-state index is 9.47. The normalized spacial score (nSPS) is 21.8. The number of nitrogens with zero attached hydrogens (tertiary/aromatic N) is 6. The lowest BCUT2D eigenvalue weighted by Crippen LogP contribution is -2.58. The van der Waals surface area contributed by atoms with Crippen molar-refractivity contribution in [1.29, 1.82) is 5.26 Å². The third kappa shape index (κ3) is 5.47. The fourth-order valence-corrected chi connectivity index (χ4v) is 6.19. The molecule has 0 spiro atoms. The summed E-state index contributed by atoms with van der Waals surface area (Å²) in [5.41, 5.74) is 2.70. The molecular formula is C27H33Cl2N7. The van der Waals surface area contributed by atoms with Crippen LogP contribution in [0.2, 0.25) is 10.0 Å². The van der Waals surface area contributed by atoms with Crippen molar-refractivity contribution in [3.05, 3.63) is 57.2 Å². The molecule has 190 valence electrons. The Morgan fingerprint density at radius 3 is 2.67 bits per heavy atom. The number of benzene rings is 1. The Morgan fingerprint density at radius 2 is 1.97 bits per heavy atom. The molecule has 9 heteroatoms. The van der Waals surface area contributed by atoms with Gasteiger partial charge in [-0.2, -0.15) is 5.26 Å². The van der Waals surface area contributed by atoms with E-state index in [4.69, 9.17) is 28.2 Å². The number of hydrogen-bond acceptors (Lipinski definition) is 7. The van der Waals surface area contributed by atoms with Crippen LogP contribution >= 0.6 is 23.2 Å². The van der Waals surface area contributed by atoms with E-state index in [1.807, 2.05) is 24.4 Å². The summed E-state index contributed by atoms with van der Waals surface area (Å²) >= 11 is 12.8. The van der Waals surface area contributed by atoms with Crippen LogP contribution < -0.4 is 10.2 Å². The van der Waals surface area contributed by atoms with Gasteiger partial charge in [-0.3, -0.25) is 14.8 Å². The third-order valence-electron chi connectivity index (χ3n) is 7.68. The van der Waals surface area contributed by atoms with E-state index < -0.39 is 0 Å². The van der Waals surface area contributed by atoms with Gasteiger partial charge in [-0.25, -0.2) is 4.98 Å². The molecule has 0 amide bonds. The van der Waals surface area contributed by atoms with Gasteiger partial charge < -0.3 is 10.2 Å². The van der Waals surface area contributed by atoms with E-state index in [1.165, 1.54) is 0 Å². The summed E-state index contributed by atoms with van der Waals surface area (Å²) in [4.78, 5) is 16.7. The van der Waals surface area contributed by atoms with Gasteiger partial charge in [-0.1, -0.05) is 36.2 Å². The monoisotopic (exact) mass is 525 g/mol. The Morgan fingerprint density at radius 1 is 1.14 bits per heavy atom. The summed E-state index contributed by atoms with van der Waals surface area (Å²) in [5, 5.41) is 14.1. The van der Waals surface area contributed by atoms with E-state index in [1.54, 1.807) is 6.07 Å². The smallest absolute Gasteiger partial charge is 0.147 e. The molecule has 1 aromatic heterocycles. The number of nitriles is 1. The van der Waals surface area contributed by atoms with Gasteiger partial charge in [0.05, 0.1) is 23.2 Å². The van der Waals surface area contributed by atoms with Crippen LogP contribution in [0.1, 0.15) is 42.9 Å². The fraction of sp³-hybridized carbons (Fsp3) is 0.519. The lowest BCUT2D eigenvalue weighted by molar-refractivity contribution is 0.0610. The standard InChI is InChI=1S/C27H33Cl2N7/c1-2-23-18-35(27-25(29)14-21(16-33-27)26-31-7-8-32-26)11-12-36(23)24-5-9-34(10-6-24)17-19-3-4-22(28)13-20(19)15-30/h3-4,13-14,16,23-24H,2,5-12,17-18H2,1H3,(H,31,32)/t23-/m0/s1. The maximum atomic E-state index is 9.47. The van der Waals surface area contributed by atoms with Crippen LogP contribution in [0.5, 0.6) is 0 Å². The molecular weight excluding hydrogens is 493 g/mol. The van der Waals surface area contributed by atoms with Crippen LogP contribution in [0, 0.1) is 11.3 Å². The molecule has 0 aliphatic carbocycles. The van der Waals surface area contributed by atoms with Crippen molar-refractivity contribution >= 4 is 34.9 Å². The van der Waals surface area contributed by atoms with E-state index >= 15 is 0 Å². The minimum absolute atomic E-state index is 0.482. The number of aromatic nitrogens is 1. The highest BCUT2D eigenvalue weighted by atomic mass is 35.5. The van der Waals surface area contributed by atoms with Crippen molar-refractivity contribution in [1.82, 2.24) is 20.1 Å². The summed E-state index contributed by atoms with van der Waals surface area (Å²) in [6.07, 6.45) is 5.28. The molecule has 2 aromatic rings. The topological polar surface area (TPSA) is 70.8 Å². The molecule has 0 unspecified atom stereocenters. The van der Waals surface area contributed by atoms with Gasteiger partial charge in [0, 0.05) is 61.6 Å². The molecule has 5 rings (SSSR count). The third-order valence-corrected chi connectivity index (χ3v) is 8.19. The highest BCUT2D eigenvalue weighted by Gasteiger charge is 2.34. The predicted octanol–water partition coefficient (Wildman–Crippen LogP) is 4.18. The quantitative estimate of drug-likeness (QED) is 0.610. The molecule has 36 heavy (non-hydrogen) atoms. The number of anilines is 1. The molecule has 4 heterocycles. The first kappa shape index (κ1) is 25.3. The lowest BCUT2D eigenvalue weighted by atomic mass is 9.97. The zero-order chi connectivity index (χ0) is 25.1. The number of hydrogen-bond donors (Lipinski definition) is 1. The Kier molecular flexibility index (Phi) is 7.97. The number of aliphatic imine (C=N–C) groups is 1. The van der Waals surface area contributed by atoms with Gasteiger partial charge in [-0.05, 0) is 56.1 Å². The first-order chi connectivity index (χ1) is 17.6. The van der Waals surface area contributed by atoms with Gasteiger partial charge in [0.1, 0.15) is 11.7 Å². The largest absolute Gasteiger partial charge is 0.368 e. The summed E-state index contributed by atoms with van der Waals surface area (Å²) in [5.74, 6) is 1.77. The Hall–Kier alpha value is -2.37. The van der Waals surface area contributed by atoms with Crippen LogP contribution in [0.3, 0.4) is 0 Å². The molecule has 2 fully saturated rings. The van der Waals surface area contributed by atoms with Crippen LogP contribution in [0.25, 0.3) is 0 Å². The summed E-state index contributed by atoms with van der Waals surface area (Å²) < 4.78 is 0. The second-order valence-electron chi connectivity index (χ2n) is 9.85. The van der Waals surface area contributed by atoms with Crippen molar-refractivity contribution in [2.24, 2.45) is 4.99 Å². The molecule has 3 aliphatic rings. The number of nitrogens with one attached hydrogen (secondary N) is 1. The van der Waals surface area contributed by atoms with Gasteiger partial charge in [0.15, 0.2) is 0 Å². The van der Waals surface area contributed by atoms with Crippen molar-refractivity contribution in [2.75, 3.05) is 50.7 Å². The minimum atomic E-state index is 0.482. The number of halogens is 2. The van der Waals surface area contributed by atoms with Crippen LogP contribution in [0.15, 0.2) is 35.5 Å². The molecule has 7 nitrogen and oxygen atoms in total. The SMILES string of the molecule is CC[C@H]1CN(c2ncc(C3=NCCN3)cc2Cl)CCN1C1CCN(Cc2ccc(Cl)cc2C#N)CC1. The van der Waals surface area contributed by atoms with Crippen LogP contribution in [-0.4, -0.2) is 78.5 Å². The Bertz CT molecular complexity index is 1150. The Labute approximate surface area is 223 Å². The molecule has 1 atom stereocenters. The number of rotatable bonds is 6. The zero-order valence-electron chi connectivity index (χ0n) is 20.8. The number of likely N-dealkylation sites (tertiary alicyclic amines) is 1. The van der Waals surface area contributed by atoms with Crippen molar-refractivity contribution in [2.45, 2.75) is 44.8 Å². The van der Waals surface area contributed by atoms with Gasteiger partial charge in [-0.15, -0.1) is 0 Å². The lowest BCUT2D eigenvalue weighted by Gasteiger charge is -2.47. The average molecular weight is 527 g/mol.